The van der Waals surface area contributed by atoms with Gasteiger partial charge in [-0.25, -0.2) is 0 Å². The summed E-state index contributed by atoms with van der Waals surface area (Å²) in [5.41, 5.74) is 2.55. The Balaban J connectivity index is 1.75. The van der Waals surface area contributed by atoms with E-state index in [0.29, 0.717) is 0 Å². The highest BCUT2D eigenvalue weighted by molar-refractivity contribution is 5.83. The number of likely N-dealkylation sites (N-methyl/N-ethyl adjacent to an activating group) is 1. The molecule has 1 aromatic rings. The first-order chi connectivity index (χ1) is 9.69. The number of nitrogens with zero attached hydrogens (tertiary/aromatic N) is 1. The summed E-state index contributed by atoms with van der Waals surface area (Å²) in [6.07, 6.45) is 2.87. The highest BCUT2D eigenvalue weighted by Gasteiger charge is 2.30. The van der Waals surface area contributed by atoms with Crippen LogP contribution in [-0.2, 0) is 11.2 Å². The van der Waals surface area contributed by atoms with Gasteiger partial charge in [0.2, 0.25) is 5.91 Å². The van der Waals surface area contributed by atoms with E-state index in [0.717, 1.165) is 38.2 Å². The SMILES string of the molecule is CCC(NC1CCN(C)C1=O)c1ccc2c(c1)CCO2. The normalized spacial score (nSPS) is 22.8. The van der Waals surface area contributed by atoms with Gasteiger partial charge in [0, 0.05) is 26.1 Å². The average Bonchev–Trinajstić information content (AvgIpc) is 3.04. The Bertz CT molecular complexity index is 515. The van der Waals surface area contributed by atoms with Crippen LogP contribution >= 0.6 is 0 Å². The van der Waals surface area contributed by atoms with Gasteiger partial charge >= 0.3 is 0 Å². The van der Waals surface area contributed by atoms with Crippen LogP contribution in [0.15, 0.2) is 18.2 Å². The molecule has 2 unspecified atom stereocenters. The smallest absolute Gasteiger partial charge is 0.239 e. The molecule has 0 aliphatic carbocycles. The number of carbonyl (C=O) groups is 1. The van der Waals surface area contributed by atoms with E-state index in [4.69, 9.17) is 4.74 Å². The lowest BCUT2D eigenvalue weighted by molar-refractivity contribution is -0.128. The molecular weight excluding hydrogens is 252 g/mol. The van der Waals surface area contributed by atoms with Crippen LogP contribution in [0, 0.1) is 0 Å². The summed E-state index contributed by atoms with van der Waals surface area (Å²) < 4.78 is 5.55. The molecule has 3 rings (SSSR count). The van der Waals surface area contributed by atoms with Gasteiger partial charge < -0.3 is 9.64 Å². The third kappa shape index (κ3) is 2.40. The van der Waals surface area contributed by atoms with Gasteiger partial charge in [0.05, 0.1) is 12.6 Å². The van der Waals surface area contributed by atoms with Crippen molar-refractivity contribution < 1.29 is 9.53 Å². The van der Waals surface area contributed by atoms with E-state index in [-0.39, 0.29) is 18.0 Å². The summed E-state index contributed by atoms with van der Waals surface area (Å²) in [6, 6.07) is 6.61. The number of nitrogens with one attached hydrogen (secondary N) is 1. The second-order valence-corrected chi connectivity index (χ2v) is 5.69. The summed E-state index contributed by atoms with van der Waals surface area (Å²) >= 11 is 0. The van der Waals surface area contributed by atoms with E-state index in [1.165, 1.54) is 11.1 Å². The van der Waals surface area contributed by atoms with Gasteiger partial charge in [0.1, 0.15) is 5.75 Å². The molecule has 0 saturated carbocycles. The molecule has 2 aliphatic rings. The van der Waals surface area contributed by atoms with Gasteiger partial charge in [-0.15, -0.1) is 0 Å². The topological polar surface area (TPSA) is 41.6 Å². The van der Waals surface area contributed by atoms with Crippen molar-refractivity contribution in [2.24, 2.45) is 0 Å². The number of amides is 1. The fourth-order valence-corrected chi connectivity index (χ4v) is 3.09. The van der Waals surface area contributed by atoms with E-state index in [9.17, 15) is 4.79 Å². The molecule has 2 heterocycles. The zero-order valence-electron chi connectivity index (χ0n) is 12.2. The highest BCUT2D eigenvalue weighted by atomic mass is 16.5. The van der Waals surface area contributed by atoms with Crippen molar-refractivity contribution in [1.29, 1.82) is 0 Å². The van der Waals surface area contributed by atoms with Gasteiger partial charge in [-0.05, 0) is 30.0 Å². The van der Waals surface area contributed by atoms with Crippen LogP contribution in [0.2, 0.25) is 0 Å². The van der Waals surface area contributed by atoms with Crippen molar-refractivity contribution in [1.82, 2.24) is 10.2 Å². The molecule has 1 fully saturated rings. The zero-order valence-corrected chi connectivity index (χ0v) is 12.2. The van der Waals surface area contributed by atoms with Gasteiger partial charge in [0.25, 0.3) is 0 Å². The minimum atomic E-state index is -0.0329. The molecule has 0 spiro atoms. The second kappa shape index (κ2) is 5.44. The van der Waals surface area contributed by atoms with Crippen LogP contribution in [0.25, 0.3) is 0 Å². The van der Waals surface area contributed by atoms with Crippen molar-refractivity contribution in [3.8, 4) is 5.75 Å². The predicted molar refractivity (Wildman–Crippen MR) is 77.9 cm³/mol. The predicted octanol–water partition coefficient (Wildman–Crippen LogP) is 1.89. The zero-order chi connectivity index (χ0) is 14.1. The van der Waals surface area contributed by atoms with Crippen molar-refractivity contribution in [3.05, 3.63) is 29.3 Å². The fourth-order valence-electron chi connectivity index (χ4n) is 3.09. The number of fused-ring (bicyclic) bond motifs is 1. The molecule has 20 heavy (non-hydrogen) atoms. The number of rotatable bonds is 4. The molecule has 108 valence electrons. The van der Waals surface area contributed by atoms with Crippen LogP contribution in [0.1, 0.15) is 36.9 Å². The molecule has 1 N–H and O–H groups in total. The Morgan fingerprint density at radius 1 is 1.50 bits per heavy atom. The summed E-state index contributed by atoms with van der Waals surface area (Å²) in [5.74, 6) is 1.23. The first-order valence-corrected chi connectivity index (χ1v) is 7.45. The van der Waals surface area contributed by atoms with E-state index in [1.807, 2.05) is 7.05 Å². The molecule has 4 heteroatoms. The van der Waals surface area contributed by atoms with Crippen LogP contribution in [0.5, 0.6) is 5.75 Å². The third-order valence-corrected chi connectivity index (χ3v) is 4.35. The van der Waals surface area contributed by atoms with Gasteiger partial charge in [-0.1, -0.05) is 19.1 Å². The van der Waals surface area contributed by atoms with Crippen molar-refractivity contribution >= 4 is 5.91 Å². The van der Waals surface area contributed by atoms with Crippen molar-refractivity contribution in [2.45, 2.75) is 38.3 Å². The number of benzene rings is 1. The van der Waals surface area contributed by atoms with Crippen molar-refractivity contribution in [2.75, 3.05) is 20.2 Å². The lowest BCUT2D eigenvalue weighted by Crippen LogP contribution is -2.39. The molecule has 0 radical (unpaired) electrons. The van der Waals surface area contributed by atoms with E-state index < -0.39 is 0 Å². The van der Waals surface area contributed by atoms with Crippen LogP contribution in [0.4, 0.5) is 0 Å². The molecule has 1 aromatic carbocycles. The Kier molecular flexibility index (Phi) is 3.66. The molecule has 4 nitrogen and oxygen atoms in total. The Morgan fingerprint density at radius 2 is 2.35 bits per heavy atom. The minimum Gasteiger partial charge on any atom is -0.493 e. The largest absolute Gasteiger partial charge is 0.493 e. The number of hydrogen-bond donors (Lipinski definition) is 1. The maximum atomic E-state index is 12.0. The fraction of sp³-hybridized carbons (Fsp3) is 0.562. The number of ether oxygens (including phenoxy) is 1. The summed E-state index contributed by atoms with van der Waals surface area (Å²) in [5, 5.41) is 3.52. The Morgan fingerprint density at radius 3 is 3.05 bits per heavy atom. The Labute approximate surface area is 120 Å². The molecule has 2 atom stereocenters. The van der Waals surface area contributed by atoms with Gasteiger partial charge in [-0.2, -0.15) is 0 Å². The number of carbonyl (C=O) groups excluding carboxylic acids is 1. The second-order valence-electron chi connectivity index (χ2n) is 5.69. The number of hydrogen-bond acceptors (Lipinski definition) is 3. The number of likely N-dealkylation sites (tertiary alicyclic amines) is 1. The van der Waals surface area contributed by atoms with Crippen LogP contribution in [-0.4, -0.2) is 37.0 Å². The van der Waals surface area contributed by atoms with E-state index in [1.54, 1.807) is 4.90 Å². The molecule has 0 aromatic heterocycles. The van der Waals surface area contributed by atoms with Gasteiger partial charge in [0.15, 0.2) is 0 Å². The van der Waals surface area contributed by atoms with Crippen LogP contribution in [0.3, 0.4) is 0 Å². The molecular formula is C16H22N2O2. The maximum Gasteiger partial charge on any atom is 0.239 e. The van der Waals surface area contributed by atoms with E-state index >= 15 is 0 Å². The van der Waals surface area contributed by atoms with Crippen LogP contribution < -0.4 is 10.1 Å². The summed E-state index contributed by atoms with van der Waals surface area (Å²) in [6.45, 7) is 3.80. The monoisotopic (exact) mass is 274 g/mol. The first-order valence-electron chi connectivity index (χ1n) is 7.45. The minimum absolute atomic E-state index is 0.0329. The average molecular weight is 274 g/mol. The standard InChI is InChI=1S/C16H22N2O2/c1-3-13(17-14-6-8-18(2)16(14)19)11-4-5-15-12(10-11)7-9-20-15/h4-5,10,13-14,17H,3,6-9H2,1-2H3. The molecule has 0 bridgehead atoms. The Hall–Kier alpha value is -1.55. The summed E-state index contributed by atoms with van der Waals surface area (Å²) in [7, 11) is 1.87. The summed E-state index contributed by atoms with van der Waals surface area (Å²) in [4.78, 5) is 13.8. The molecule has 1 amide bonds. The van der Waals surface area contributed by atoms with Crippen molar-refractivity contribution in [3.63, 3.8) is 0 Å². The lowest BCUT2D eigenvalue weighted by Gasteiger charge is -2.22. The highest BCUT2D eigenvalue weighted by Crippen LogP contribution is 2.29. The quantitative estimate of drug-likeness (QED) is 0.911. The first kappa shape index (κ1) is 13.4. The molecule has 2 aliphatic heterocycles. The van der Waals surface area contributed by atoms with Gasteiger partial charge in [-0.3, -0.25) is 10.1 Å². The van der Waals surface area contributed by atoms with E-state index in [2.05, 4.69) is 30.4 Å². The maximum absolute atomic E-state index is 12.0. The lowest BCUT2D eigenvalue weighted by atomic mass is 9.99. The molecule has 1 saturated heterocycles. The third-order valence-electron chi connectivity index (χ3n) is 4.35.